The van der Waals surface area contributed by atoms with E-state index >= 15 is 0 Å². The molecule has 124 valence electrons. The second kappa shape index (κ2) is 8.15. The first kappa shape index (κ1) is 17.5. The highest BCUT2D eigenvalue weighted by atomic mass is 32.2. The quantitative estimate of drug-likeness (QED) is 0.788. The van der Waals surface area contributed by atoms with Crippen molar-refractivity contribution in [2.45, 2.75) is 45.8 Å². The SMILES string of the molecule is CCc1nnc(SCC(=O)Nc2ccccc2C)n1CC(C)C. The molecule has 0 aliphatic rings. The number of carbonyl (C=O) groups excluding carboxylic acids is 1. The highest BCUT2D eigenvalue weighted by Gasteiger charge is 2.14. The molecule has 0 saturated carbocycles. The maximum atomic E-state index is 12.2. The first-order valence-electron chi connectivity index (χ1n) is 7.91. The number of para-hydroxylation sites is 1. The van der Waals surface area contributed by atoms with E-state index in [0.717, 1.165) is 35.2 Å². The average molecular weight is 332 g/mol. The highest BCUT2D eigenvalue weighted by Crippen LogP contribution is 2.20. The van der Waals surface area contributed by atoms with Gasteiger partial charge in [0.1, 0.15) is 5.82 Å². The summed E-state index contributed by atoms with van der Waals surface area (Å²) in [6, 6.07) is 7.77. The van der Waals surface area contributed by atoms with Crippen LogP contribution in [0.1, 0.15) is 32.2 Å². The Morgan fingerprint density at radius 3 is 2.70 bits per heavy atom. The minimum Gasteiger partial charge on any atom is -0.325 e. The number of benzene rings is 1. The molecule has 0 bridgehead atoms. The number of nitrogens with zero attached hydrogens (tertiary/aromatic N) is 3. The van der Waals surface area contributed by atoms with Crippen molar-refractivity contribution in [3.8, 4) is 0 Å². The van der Waals surface area contributed by atoms with Crippen molar-refractivity contribution < 1.29 is 4.79 Å². The van der Waals surface area contributed by atoms with Crippen LogP contribution in [0.15, 0.2) is 29.4 Å². The van der Waals surface area contributed by atoms with E-state index in [1.807, 2.05) is 31.2 Å². The fourth-order valence-electron chi connectivity index (χ4n) is 2.27. The summed E-state index contributed by atoms with van der Waals surface area (Å²) in [4.78, 5) is 12.2. The van der Waals surface area contributed by atoms with Gasteiger partial charge in [-0.3, -0.25) is 4.79 Å². The summed E-state index contributed by atoms with van der Waals surface area (Å²) in [6.45, 7) is 9.26. The van der Waals surface area contributed by atoms with Crippen molar-refractivity contribution in [1.82, 2.24) is 14.8 Å². The van der Waals surface area contributed by atoms with Crippen molar-refractivity contribution in [3.05, 3.63) is 35.7 Å². The molecule has 0 saturated heterocycles. The van der Waals surface area contributed by atoms with Gasteiger partial charge in [-0.05, 0) is 24.5 Å². The van der Waals surface area contributed by atoms with E-state index in [1.54, 1.807) is 0 Å². The fraction of sp³-hybridized carbons (Fsp3) is 0.471. The van der Waals surface area contributed by atoms with Crippen LogP contribution >= 0.6 is 11.8 Å². The van der Waals surface area contributed by atoms with Crippen LogP contribution in [0, 0.1) is 12.8 Å². The number of aryl methyl sites for hydroxylation is 2. The lowest BCUT2D eigenvalue weighted by molar-refractivity contribution is -0.113. The van der Waals surface area contributed by atoms with E-state index in [9.17, 15) is 4.79 Å². The summed E-state index contributed by atoms with van der Waals surface area (Å²) in [6.07, 6.45) is 0.843. The standard InChI is InChI=1S/C17H24N4OS/c1-5-15-19-20-17(21(15)10-12(2)3)23-11-16(22)18-14-9-7-6-8-13(14)4/h6-9,12H,5,10-11H2,1-4H3,(H,18,22). The minimum atomic E-state index is -0.0264. The van der Waals surface area contributed by atoms with Crippen molar-refractivity contribution in [3.63, 3.8) is 0 Å². The molecule has 1 heterocycles. The number of carbonyl (C=O) groups is 1. The molecule has 0 unspecified atom stereocenters. The third-order valence-corrected chi connectivity index (χ3v) is 4.38. The average Bonchev–Trinajstić information content (AvgIpc) is 2.89. The second-order valence-electron chi connectivity index (χ2n) is 5.91. The number of rotatable bonds is 7. The predicted octanol–water partition coefficient (Wildman–Crippen LogP) is 3.54. The molecular formula is C17H24N4OS. The zero-order valence-electron chi connectivity index (χ0n) is 14.2. The largest absolute Gasteiger partial charge is 0.325 e. The Hall–Kier alpha value is -1.82. The Bertz CT molecular complexity index is 666. The van der Waals surface area contributed by atoms with Crippen molar-refractivity contribution in [2.24, 2.45) is 5.92 Å². The second-order valence-corrected chi connectivity index (χ2v) is 6.85. The lowest BCUT2D eigenvalue weighted by atomic mass is 10.2. The van der Waals surface area contributed by atoms with Crippen LogP contribution in [0.2, 0.25) is 0 Å². The van der Waals surface area contributed by atoms with Gasteiger partial charge in [0.15, 0.2) is 5.16 Å². The van der Waals surface area contributed by atoms with Crippen LogP contribution in [-0.4, -0.2) is 26.4 Å². The van der Waals surface area contributed by atoms with Gasteiger partial charge < -0.3 is 9.88 Å². The summed E-state index contributed by atoms with van der Waals surface area (Å²) in [5, 5.41) is 12.2. The number of amides is 1. The van der Waals surface area contributed by atoms with Crippen LogP contribution in [0.25, 0.3) is 0 Å². The Labute approximate surface area is 141 Å². The van der Waals surface area contributed by atoms with Crippen molar-refractivity contribution in [1.29, 1.82) is 0 Å². The Morgan fingerprint density at radius 1 is 1.30 bits per heavy atom. The first-order chi connectivity index (χ1) is 11.0. The van der Waals surface area contributed by atoms with Crippen LogP contribution in [-0.2, 0) is 17.8 Å². The number of thioether (sulfide) groups is 1. The highest BCUT2D eigenvalue weighted by molar-refractivity contribution is 7.99. The molecule has 0 radical (unpaired) electrons. The molecule has 23 heavy (non-hydrogen) atoms. The van der Waals surface area contributed by atoms with E-state index in [1.165, 1.54) is 11.8 Å². The topological polar surface area (TPSA) is 59.8 Å². The lowest BCUT2D eigenvalue weighted by Gasteiger charge is -2.12. The molecule has 5 nitrogen and oxygen atoms in total. The maximum absolute atomic E-state index is 12.2. The summed E-state index contributed by atoms with van der Waals surface area (Å²) in [5.41, 5.74) is 1.91. The monoisotopic (exact) mass is 332 g/mol. The Balaban J connectivity index is 1.99. The third-order valence-electron chi connectivity index (χ3n) is 3.41. The van der Waals surface area contributed by atoms with Crippen LogP contribution in [0.5, 0.6) is 0 Å². The molecule has 0 spiro atoms. The van der Waals surface area contributed by atoms with Gasteiger partial charge in [-0.2, -0.15) is 0 Å². The third kappa shape index (κ3) is 4.82. The molecule has 2 aromatic rings. The van der Waals surface area contributed by atoms with E-state index in [0.29, 0.717) is 11.7 Å². The normalized spacial score (nSPS) is 11.0. The first-order valence-corrected chi connectivity index (χ1v) is 8.90. The van der Waals surface area contributed by atoms with Crippen LogP contribution in [0.3, 0.4) is 0 Å². The summed E-state index contributed by atoms with van der Waals surface area (Å²) in [7, 11) is 0. The molecule has 1 N–H and O–H groups in total. The van der Waals surface area contributed by atoms with E-state index in [-0.39, 0.29) is 5.91 Å². The Kier molecular flexibility index (Phi) is 6.21. The van der Waals surface area contributed by atoms with Crippen LogP contribution in [0.4, 0.5) is 5.69 Å². The molecule has 2 rings (SSSR count). The molecule has 0 atom stereocenters. The van der Waals surface area contributed by atoms with Gasteiger partial charge in [0, 0.05) is 18.7 Å². The summed E-state index contributed by atoms with van der Waals surface area (Å²) < 4.78 is 2.12. The lowest BCUT2D eigenvalue weighted by Crippen LogP contribution is -2.16. The number of hydrogen-bond acceptors (Lipinski definition) is 4. The van der Waals surface area contributed by atoms with Gasteiger partial charge in [-0.25, -0.2) is 0 Å². The van der Waals surface area contributed by atoms with Crippen molar-refractivity contribution in [2.75, 3.05) is 11.1 Å². The van der Waals surface area contributed by atoms with Gasteiger partial charge in [0.2, 0.25) is 5.91 Å². The molecule has 0 aliphatic heterocycles. The summed E-state index contributed by atoms with van der Waals surface area (Å²) in [5.74, 6) is 1.78. The van der Waals surface area contributed by atoms with Gasteiger partial charge in [0.25, 0.3) is 0 Å². The number of aromatic nitrogens is 3. The molecule has 1 aromatic heterocycles. The zero-order valence-corrected chi connectivity index (χ0v) is 15.0. The number of nitrogens with one attached hydrogen (secondary N) is 1. The minimum absolute atomic E-state index is 0.0264. The zero-order chi connectivity index (χ0) is 16.8. The van der Waals surface area contributed by atoms with Gasteiger partial charge in [-0.15, -0.1) is 10.2 Å². The molecule has 1 amide bonds. The number of anilines is 1. The maximum Gasteiger partial charge on any atom is 0.234 e. The number of hydrogen-bond donors (Lipinski definition) is 1. The fourth-order valence-corrected chi connectivity index (χ4v) is 3.03. The van der Waals surface area contributed by atoms with E-state index < -0.39 is 0 Å². The molecule has 1 aromatic carbocycles. The van der Waals surface area contributed by atoms with Crippen LogP contribution < -0.4 is 5.32 Å². The van der Waals surface area contributed by atoms with Crippen molar-refractivity contribution >= 4 is 23.4 Å². The molecular weight excluding hydrogens is 308 g/mol. The summed E-state index contributed by atoms with van der Waals surface area (Å²) >= 11 is 1.44. The Morgan fingerprint density at radius 2 is 2.04 bits per heavy atom. The van der Waals surface area contributed by atoms with Gasteiger partial charge >= 0.3 is 0 Å². The molecule has 6 heteroatoms. The molecule has 0 aliphatic carbocycles. The van der Waals surface area contributed by atoms with E-state index in [2.05, 4.69) is 40.9 Å². The molecule has 0 fully saturated rings. The predicted molar refractivity (Wildman–Crippen MR) is 94.8 cm³/mol. The van der Waals surface area contributed by atoms with Gasteiger partial charge in [0.05, 0.1) is 5.75 Å². The van der Waals surface area contributed by atoms with E-state index in [4.69, 9.17) is 0 Å². The smallest absolute Gasteiger partial charge is 0.234 e. The van der Waals surface area contributed by atoms with Gasteiger partial charge in [-0.1, -0.05) is 50.7 Å².